The lowest BCUT2D eigenvalue weighted by molar-refractivity contribution is 0.839. The van der Waals surface area contributed by atoms with E-state index in [1.807, 2.05) is 0 Å². The summed E-state index contributed by atoms with van der Waals surface area (Å²) in [6.07, 6.45) is 4.56. The van der Waals surface area contributed by atoms with Gasteiger partial charge in [0, 0.05) is 6.07 Å². The van der Waals surface area contributed by atoms with Gasteiger partial charge in [-0.2, -0.15) is 5.10 Å². The zero-order chi connectivity index (χ0) is 9.97. The highest BCUT2D eigenvalue weighted by Gasteiger charge is 2.01. The fourth-order valence-corrected chi connectivity index (χ4v) is 1.11. The molecular weight excluding hydrogens is 204 g/mol. The monoisotopic (exact) mass is 210 g/mol. The Morgan fingerprint density at radius 1 is 1.43 bits per heavy atom. The van der Waals surface area contributed by atoms with Crippen LogP contribution in [-0.2, 0) is 0 Å². The maximum Gasteiger partial charge on any atom is 0.158 e. The van der Waals surface area contributed by atoms with Gasteiger partial charge in [-0.3, -0.25) is 0 Å². The Morgan fingerprint density at radius 3 is 2.93 bits per heavy atom. The van der Waals surface area contributed by atoms with Gasteiger partial charge in [0.15, 0.2) is 5.82 Å². The molecule has 7 heteroatoms. The number of nitrogens with two attached hydrogens (primary N) is 1. The van der Waals surface area contributed by atoms with E-state index in [0.717, 1.165) is 0 Å². The Kier molecular flexibility index (Phi) is 2.30. The smallest absolute Gasteiger partial charge is 0.158 e. The van der Waals surface area contributed by atoms with Crippen molar-refractivity contribution in [3.05, 3.63) is 29.8 Å². The molecule has 2 aromatic heterocycles. The van der Waals surface area contributed by atoms with Gasteiger partial charge in [-0.15, -0.1) is 0 Å². The van der Waals surface area contributed by atoms with E-state index >= 15 is 0 Å². The minimum absolute atomic E-state index is 0.515. The molecule has 72 valence electrons. The molecule has 0 saturated carbocycles. The molecule has 0 bridgehead atoms. The number of rotatable bonds is 2. The normalized spacial score (nSPS) is 10.1. The summed E-state index contributed by atoms with van der Waals surface area (Å²) in [5.74, 6) is 6.32. The summed E-state index contributed by atoms with van der Waals surface area (Å²) in [6, 6.07) is 1.66. The molecular formula is C7H7ClN6. The fourth-order valence-electron chi connectivity index (χ4n) is 0.977. The van der Waals surface area contributed by atoms with Crippen molar-refractivity contribution in [2.45, 2.75) is 0 Å². The van der Waals surface area contributed by atoms with Gasteiger partial charge in [-0.1, -0.05) is 11.6 Å². The maximum absolute atomic E-state index is 5.72. The molecule has 0 spiro atoms. The van der Waals surface area contributed by atoms with E-state index in [1.165, 1.54) is 17.2 Å². The van der Waals surface area contributed by atoms with Crippen LogP contribution in [0, 0.1) is 0 Å². The Balaban J connectivity index is 2.41. The molecule has 0 fully saturated rings. The molecule has 0 saturated heterocycles. The second kappa shape index (κ2) is 3.60. The number of aromatic nitrogens is 4. The highest BCUT2D eigenvalue weighted by atomic mass is 35.5. The average Bonchev–Trinajstić information content (AvgIpc) is 2.65. The largest absolute Gasteiger partial charge is 0.308 e. The lowest BCUT2D eigenvalue weighted by Gasteiger charge is -2.01. The minimum atomic E-state index is 0.515. The number of hydrogen-bond acceptors (Lipinski definition) is 5. The highest BCUT2D eigenvalue weighted by molar-refractivity contribution is 6.30. The lowest BCUT2D eigenvalue weighted by atomic mass is 10.5. The Morgan fingerprint density at radius 2 is 2.29 bits per heavy atom. The Hall–Kier alpha value is -1.66. The predicted molar refractivity (Wildman–Crippen MR) is 52.0 cm³/mol. The molecule has 0 aliphatic heterocycles. The molecule has 3 N–H and O–H groups in total. The van der Waals surface area contributed by atoms with Crippen molar-refractivity contribution in [2.75, 3.05) is 5.43 Å². The van der Waals surface area contributed by atoms with E-state index in [9.17, 15) is 0 Å². The van der Waals surface area contributed by atoms with Crippen molar-refractivity contribution >= 4 is 17.4 Å². The molecule has 0 aromatic carbocycles. The standard InChI is InChI=1S/C7H7ClN6/c8-5-2-12-14(3-5)7-1-6(13-9)10-4-11-7/h1-4H,9H2,(H,10,11,13). The first-order chi connectivity index (χ1) is 6.79. The molecule has 14 heavy (non-hydrogen) atoms. The number of nitrogen functional groups attached to an aromatic ring is 1. The lowest BCUT2D eigenvalue weighted by Crippen LogP contribution is -2.09. The van der Waals surface area contributed by atoms with Crippen molar-refractivity contribution in [2.24, 2.45) is 5.84 Å². The molecule has 0 unspecified atom stereocenters. The van der Waals surface area contributed by atoms with Crippen LogP contribution in [0.3, 0.4) is 0 Å². The molecule has 0 amide bonds. The van der Waals surface area contributed by atoms with Crippen LogP contribution in [0.1, 0.15) is 0 Å². The van der Waals surface area contributed by atoms with E-state index in [1.54, 1.807) is 12.3 Å². The third-order valence-corrected chi connectivity index (χ3v) is 1.78. The summed E-state index contributed by atoms with van der Waals surface area (Å²) < 4.78 is 1.53. The van der Waals surface area contributed by atoms with Gasteiger partial charge in [0.05, 0.1) is 17.4 Å². The second-order valence-electron chi connectivity index (χ2n) is 2.51. The van der Waals surface area contributed by atoms with Crippen molar-refractivity contribution in [1.82, 2.24) is 19.7 Å². The first-order valence-corrected chi connectivity index (χ1v) is 4.16. The fraction of sp³-hybridized carbons (Fsp3) is 0. The van der Waals surface area contributed by atoms with Gasteiger partial charge in [0.2, 0.25) is 0 Å². The number of hydrogen-bond donors (Lipinski definition) is 2. The van der Waals surface area contributed by atoms with Crippen molar-refractivity contribution in [1.29, 1.82) is 0 Å². The number of anilines is 1. The summed E-state index contributed by atoms with van der Waals surface area (Å²) in [6.45, 7) is 0. The first-order valence-electron chi connectivity index (χ1n) is 3.79. The van der Waals surface area contributed by atoms with Gasteiger partial charge in [-0.05, 0) is 0 Å². The van der Waals surface area contributed by atoms with Crippen LogP contribution in [0.5, 0.6) is 0 Å². The van der Waals surface area contributed by atoms with Crippen LogP contribution < -0.4 is 11.3 Å². The maximum atomic E-state index is 5.72. The zero-order valence-corrected chi connectivity index (χ0v) is 7.81. The SMILES string of the molecule is NNc1cc(-n2cc(Cl)cn2)ncn1. The van der Waals surface area contributed by atoms with E-state index in [4.69, 9.17) is 17.4 Å². The Labute approximate surface area is 84.7 Å². The summed E-state index contributed by atoms with van der Waals surface area (Å²) >= 11 is 5.72. The molecule has 2 heterocycles. The van der Waals surface area contributed by atoms with Crippen molar-refractivity contribution < 1.29 is 0 Å². The van der Waals surface area contributed by atoms with Crippen LogP contribution in [0.4, 0.5) is 5.82 Å². The third kappa shape index (κ3) is 1.66. The molecule has 0 aliphatic rings. The van der Waals surface area contributed by atoms with Gasteiger partial charge >= 0.3 is 0 Å². The van der Waals surface area contributed by atoms with E-state index in [2.05, 4.69) is 20.5 Å². The van der Waals surface area contributed by atoms with Crippen LogP contribution in [0.15, 0.2) is 24.8 Å². The summed E-state index contributed by atoms with van der Waals surface area (Å²) in [5.41, 5.74) is 2.42. The zero-order valence-electron chi connectivity index (χ0n) is 7.05. The molecule has 6 nitrogen and oxygen atoms in total. The van der Waals surface area contributed by atoms with E-state index in [0.29, 0.717) is 16.7 Å². The minimum Gasteiger partial charge on any atom is -0.308 e. The van der Waals surface area contributed by atoms with Crippen molar-refractivity contribution in [3.63, 3.8) is 0 Å². The van der Waals surface area contributed by atoms with Crippen LogP contribution in [-0.4, -0.2) is 19.7 Å². The van der Waals surface area contributed by atoms with Gasteiger partial charge in [-0.25, -0.2) is 20.5 Å². The first kappa shape index (κ1) is 8.92. The highest BCUT2D eigenvalue weighted by Crippen LogP contribution is 2.11. The van der Waals surface area contributed by atoms with Gasteiger partial charge in [0.1, 0.15) is 12.1 Å². The molecule has 0 aliphatic carbocycles. The molecule has 0 radical (unpaired) electrons. The summed E-state index contributed by atoms with van der Waals surface area (Å²) in [4.78, 5) is 7.87. The van der Waals surface area contributed by atoms with Crippen LogP contribution >= 0.6 is 11.6 Å². The summed E-state index contributed by atoms with van der Waals surface area (Å²) in [5, 5.41) is 4.53. The number of nitrogens with one attached hydrogen (secondary N) is 1. The quantitative estimate of drug-likeness (QED) is 0.561. The van der Waals surface area contributed by atoms with Crippen LogP contribution in [0.25, 0.3) is 5.82 Å². The number of hydrazine groups is 1. The van der Waals surface area contributed by atoms with E-state index < -0.39 is 0 Å². The van der Waals surface area contributed by atoms with Gasteiger partial charge in [0.25, 0.3) is 0 Å². The van der Waals surface area contributed by atoms with Crippen LogP contribution in [0.2, 0.25) is 5.02 Å². The summed E-state index contributed by atoms with van der Waals surface area (Å²) in [7, 11) is 0. The average molecular weight is 211 g/mol. The number of nitrogens with zero attached hydrogens (tertiary/aromatic N) is 4. The molecule has 2 rings (SSSR count). The number of halogens is 1. The molecule has 0 atom stereocenters. The second-order valence-corrected chi connectivity index (χ2v) is 2.95. The van der Waals surface area contributed by atoms with E-state index in [-0.39, 0.29) is 0 Å². The molecule has 2 aromatic rings. The third-order valence-electron chi connectivity index (χ3n) is 1.59. The van der Waals surface area contributed by atoms with Gasteiger partial charge < -0.3 is 5.43 Å². The Bertz CT molecular complexity index is 439. The predicted octanol–water partition coefficient (Wildman–Crippen LogP) is 0.601. The topological polar surface area (TPSA) is 81.6 Å². The van der Waals surface area contributed by atoms with Crippen molar-refractivity contribution in [3.8, 4) is 5.82 Å².